The minimum Gasteiger partial charge on any atom is -0.458 e. The highest BCUT2D eigenvalue weighted by Gasteiger charge is 2.32. The summed E-state index contributed by atoms with van der Waals surface area (Å²) in [5, 5.41) is 18.8. The molecule has 0 saturated carbocycles. The average molecular weight is 298 g/mol. The Labute approximate surface area is 124 Å². The van der Waals surface area contributed by atoms with Crippen molar-refractivity contribution in [3.8, 4) is 0 Å². The van der Waals surface area contributed by atoms with E-state index in [-0.39, 0.29) is 12.4 Å². The van der Waals surface area contributed by atoms with Crippen LogP contribution in [0.15, 0.2) is 23.8 Å². The minimum atomic E-state index is -1.08. The van der Waals surface area contributed by atoms with Crippen molar-refractivity contribution in [1.82, 2.24) is 0 Å². The van der Waals surface area contributed by atoms with Gasteiger partial charge < -0.3 is 19.7 Å². The van der Waals surface area contributed by atoms with E-state index in [0.717, 1.165) is 0 Å². The molecule has 0 aliphatic carbocycles. The van der Waals surface area contributed by atoms with Crippen LogP contribution in [0.25, 0.3) is 0 Å². The highest BCUT2D eigenvalue weighted by molar-refractivity contribution is 5.87. The molecular weight excluding hydrogens is 276 g/mol. The molecule has 4 atom stereocenters. The first kappa shape index (κ1) is 17.4. The van der Waals surface area contributed by atoms with Gasteiger partial charge in [-0.2, -0.15) is 0 Å². The SMILES string of the molecule is C/C=C(\C)C(=O)O[C@H](/C=C/[C@H](O)[C@H](C)O)[C@H]1CCC(=O)O1. The van der Waals surface area contributed by atoms with E-state index in [1.165, 1.54) is 19.1 Å². The molecule has 1 heterocycles. The fourth-order valence-electron chi connectivity index (χ4n) is 1.74. The molecule has 1 aliphatic rings. The molecule has 1 fully saturated rings. The Kier molecular flexibility index (Phi) is 6.58. The largest absolute Gasteiger partial charge is 0.458 e. The first-order chi connectivity index (χ1) is 9.85. The van der Waals surface area contributed by atoms with Gasteiger partial charge in [0.15, 0.2) is 6.10 Å². The maximum Gasteiger partial charge on any atom is 0.334 e. The molecule has 1 saturated heterocycles. The molecule has 0 aromatic carbocycles. The summed E-state index contributed by atoms with van der Waals surface area (Å²) >= 11 is 0. The van der Waals surface area contributed by atoms with E-state index in [0.29, 0.717) is 12.0 Å². The summed E-state index contributed by atoms with van der Waals surface area (Å²) in [7, 11) is 0. The second kappa shape index (κ2) is 7.95. The van der Waals surface area contributed by atoms with E-state index < -0.39 is 30.4 Å². The second-order valence-electron chi connectivity index (χ2n) is 5.02. The van der Waals surface area contributed by atoms with Gasteiger partial charge in [0.2, 0.25) is 0 Å². The van der Waals surface area contributed by atoms with Crippen molar-refractivity contribution in [3.05, 3.63) is 23.8 Å². The zero-order chi connectivity index (χ0) is 16.0. The lowest BCUT2D eigenvalue weighted by molar-refractivity contribution is -0.155. The molecule has 1 rings (SSSR count). The predicted octanol–water partition coefficient (Wildman–Crippen LogP) is 0.868. The van der Waals surface area contributed by atoms with Crippen molar-refractivity contribution in [2.45, 2.75) is 58.0 Å². The number of esters is 2. The average Bonchev–Trinajstić information content (AvgIpc) is 2.87. The van der Waals surface area contributed by atoms with Crippen molar-refractivity contribution < 1.29 is 29.3 Å². The summed E-state index contributed by atoms with van der Waals surface area (Å²) < 4.78 is 10.4. The van der Waals surface area contributed by atoms with Gasteiger partial charge in [-0.25, -0.2) is 4.79 Å². The van der Waals surface area contributed by atoms with Gasteiger partial charge in [0.25, 0.3) is 0 Å². The highest BCUT2D eigenvalue weighted by atomic mass is 16.6. The third-order valence-electron chi connectivity index (χ3n) is 3.27. The van der Waals surface area contributed by atoms with Crippen LogP contribution in [0.3, 0.4) is 0 Å². The van der Waals surface area contributed by atoms with Gasteiger partial charge in [-0.1, -0.05) is 12.2 Å². The van der Waals surface area contributed by atoms with Crippen LogP contribution in [0, 0.1) is 0 Å². The summed E-state index contributed by atoms with van der Waals surface area (Å²) in [6, 6.07) is 0. The van der Waals surface area contributed by atoms with Crippen LogP contribution in [-0.2, 0) is 19.1 Å². The Morgan fingerprint density at radius 1 is 1.43 bits per heavy atom. The topological polar surface area (TPSA) is 93.1 Å². The van der Waals surface area contributed by atoms with Crippen molar-refractivity contribution in [3.63, 3.8) is 0 Å². The Morgan fingerprint density at radius 2 is 2.10 bits per heavy atom. The maximum absolute atomic E-state index is 11.8. The number of cyclic esters (lactones) is 1. The lowest BCUT2D eigenvalue weighted by Gasteiger charge is -2.20. The summed E-state index contributed by atoms with van der Waals surface area (Å²) in [6.07, 6.45) is 1.74. The molecule has 0 spiro atoms. The van der Waals surface area contributed by atoms with Crippen LogP contribution in [0.5, 0.6) is 0 Å². The molecule has 0 radical (unpaired) electrons. The first-order valence-corrected chi connectivity index (χ1v) is 6.93. The maximum atomic E-state index is 11.8. The number of aliphatic hydroxyl groups is 2. The third kappa shape index (κ3) is 5.32. The number of ether oxygens (including phenoxy) is 2. The molecule has 118 valence electrons. The van der Waals surface area contributed by atoms with Gasteiger partial charge in [-0.15, -0.1) is 0 Å². The Morgan fingerprint density at radius 3 is 2.57 bits per heavy atom. The normalized spacial score (nSPS) is 23.8. The Balaban J connectivity index is 2.79. The lowest BCUT2D eigenvalue weighted by atomic mass is 10.1. The van der Waals surface area contributed by atoms with Gasteiger partial charge in [0.1, 0.15) is 6.10 Å². The van der Waals surface area contributed by atoms with Gasteiger partial charge in [0.05, 0.1) is 12.2 Å². The number of hydrogen-bond acceptors (Lipinski definition) is 6. The zero-order valence-corrected chi connectivity index (χ0v) is 12.5. The van der Waals surface area contributed by atoms with Gasteiger partial charge in [0, 0.05) is 12.0 Å². The first-order valence-electron chi connectivity index (χ1n) is 6.93. The Bertz CT molecular complexity index is 437. The summed E-state index contributed by atoms with van der Waals surface area (Å²) in [5.74, 6) is -0.852. The minimum absolute atomic E-state index is 0.272. The fourth-order valence-corrected chi connectivity index (χ4v) is 1.74. The van der Waals surface area contributed by atoms with E-state index in [1.807, 2.05) is 0 Å². The van der Waals surface area contributed by atoms with Crippen molar-refractivity contribution in [2.75, 3.05) is 0 Å². The molecule has 1 aliphatic heterocycles. The van der Waals surface area contributed by atoms with Crippen LogP contribution >= 0.6 is 0 Å². The lowest BCUT2D eigenvalue weighted by Crippen LogP contribution is -2.31. The number of carbonyl (C=O) groups excluding carboxylic acids is 2. The van der Waals surface area contributed by atoms with Gasteiger partial charge in [-0.3, -0.25) is 4.79 Å². The number of rotatable bonds is 6. The van der Waals surface area contributed by atoms with E-state index in [2.05, 4.69) is 0 Å². The predicted molar refractivity (Wildman–Crippen MR) is 75.3 cm³/mol. The number of allylic oxidation sites excluding steroid dienone is 1. The highest BCUT2D eigenvalue weighted by Crippen LogP contribution is 2.21. The smallest absolute Gasteiger partial charge is 0.334 e. The fraction of sp³-hybridized carbons (Fsp3) is 0.600. The summed E-state index contributed by atoms with van der Waals surface area (Å²) in [6.45, 7) is 4.78. The van der Waals surface area contributed by atoms with Crippen LogP contribution in [0.1, 0.15) is 33.6 Å². The number of aliphatic hydroxyl groups excluding tert-OH is 2. The van der Waals surface area contributed by atoms with E-state index in [4.69, 9.17) is 9.47 Å². The molecule has 21 heavy (non-hydrogen) atoms. The van der Waals surface area contributed by atoms with E-state index in [9.17, 15) is 19.8 Å². The number of hydrogen-bond donors (Lipinski definition) is 2. The molecular formula is C15H22O6. The van der Waals surface area contributed by atoms with E-state index in [1.54, 1.807) is 19.9 Å². The van der Waals surface area contributed by atoms with Crippen molar-refractivity contribution in [2.24, 2.45) is 0 Å². The monoisotopic (exact) mass is 298 g/mol. The standard InChI is InChI=1S/C15H22O6/c1-4-9(2)15(19)21-13(6-5-11(17)10(3)16)12-7-8-14(18)20-12/h4-6,10-13,16-17H,7-8H2,1-3H3/b6-5+,9-4+/t10-,11-,12+,13+/m0/s1. The number of carbonyl (C=O) groups is 2. The third-order valence-corrected chi connectivity index (χ3v) is 3.27. The molecule has 0 bridgehead atoms. The molecule has 2 N–H and O–H groups in total. The molecule has 6 heteroatoms. The summed E-state index contributed by atoms with van der Waals surface area (Å²) in [5.41, 5.74) is 0.439. The van der Waals surface area contributed by atoms with E-state index >= 15 is 0 Å². The molecule has 0 amide bonds. The second-order valence-corrected chi connectivity index (χ2v) is 5.02. The van der Waals surface area contributed by atoms with Crippen LogP contribution in [0.2, 0.25) is 0 Å². The quantitative estimate of drug-likeness (QED) is 0.429. The summed E-state index contributed by atoms with van der Waals surface area (Å²) in [4.78, 5) is 23.0. The molecule has 0 aromatic heterocycles. The van der Waals surface area contributed by atoms with Crippen molar-refractivity contribution in [1.29, 1.82) is 0 Å². The molecule has 0 unspecified atom stereocenters. The van der Waals surface area contributed by atoms with Crippen LogP contribution in [0.4, 0.5) is 0 Å². The van der Waals surface area contributed by atoms with Gasteiger partial charge in [-0.05, 0) is 33.3 Å². The van der Waals surface area contributed by atoms with Crippen LogP contribution < -0.4 is 0 Å². The van der Waals surface area contributed by atoms with Crippen molar-refractivity contribution >= 4 is 11.9 Å². The zero-order valence-electron chi connectivity index (χ0n) is 12.5. The molecule has 0 aromatic rings. The molecule has 6 nitrogen and oxygen atoms in total. The Hall–Kier alpha value is -1.66. The van der Waals surface area contributed by atoms with Gasteiger partial charge >= 0.3 is 11.9 Å². The van der Waals surface area contributed by atoms with Crippen LogP contribution in [-0.4, -0.2) is 46.6 Å².